The second-order valence-corrected chi connectivity index (χ2v) is 5.80. The summed E-state index contributed by atoms with van der Waals surface area (Å²) in [6, 6.07) is 5.25. The van der Waals surface area contributed by atoms with Crippen molar-refractivity contribution in [3.63, 3.8) is 0 Å². The molecule has 1 aromatic carbocycles. The molecule has 3 rings (SSSR count). The van der Waals surface area contributed by atoms with Crippen molar-refractivity contribution in [1.29, 1.82) is 0 Å². The lowest BCUT2D eigenvalue weighted by atomic mass is 10.1. The molecule has 8 heteroatoms. The minimum absolute atomic E-state index is 0. The second kappa shape index (κ2) is 7.72. The van der Waals surface area contributed by atoms with Gasteiger partial charge in [-0.2, -0.15) is 0 Å². The summed E-state index contributed by atoms with van der Waals surface area (Å²) in [5.41, 5.74) is 6.22. The number of carbonyl (C=O) groups is 2. The number of anilines is 1. The van der Waals surface area contributed by atoms with Crippen LogP contribution in [0.2, 0.25) is 0 Å². The fourth-order valence-electron chi connectivity index (χ4n) is 2.78. The van der Waals surface area contributed by atoms with E-state index in [1.165, 1.54) is 0 Å². The number of carbonyl (C=O) groups excluding carboxylic acids is 2. The van der Waals surface area contributed by atoms with E-state index in [-0.39, 0.29) is 30.3 Å². The van der Waals surface area contributed by atoms with Crippen LogP contribution in [0.25, 0.3) is 0 Å². The van der Waals surface area contributed by atoms with Gasteiger partial charge in [-0.05, 0) is 25.5 Å². The molecule has 7 nitrogen and oxygen atoms in total. The third-order valence-electron chi connectivity index (χ3n) is 4.10. The van der Waals surface area contributed by atoms with Crippen molar-refractivity contribution in [1.82, 2.24) is 5.32 Å². The quantitative estimate of drug-likeness (QED) is 0.775. The lowest BCUT2D eigenvalue weighted by molar-refractivity contribution is -0.132. The van der Waals surface area contributed by atoms with Gasteiger partial charge in [-0.15, -0.1) is 12.4 Å². The third-order valence-corrected chi connectivity index (χ3v) is 4.10. The lowest BCUT2D eigenvalue weighted by Gasteiger charge is -2.22. The summed E-state index contributed by atoms with van der Waals surface area (Å²) >= 11 is 0. The number of rotatable bonds is 4. The van der Waals surface area contributed by atoms with Crippen molar-refractivity contribution in [3.05, 3.63) is 18.2 Å². The fourth-order valence-corrected chi connectivity index (χ4v) is 2.78. The van der Waals surface area contributed by atoms with Crippen LogP contribution in [0.3, 0.4) is 0 Å². The van der Waals surface area contributed by atoms with Gasteiger partial charge >= 0.3 is 0 Å². The molecule has 0 radical (unpaired) electrons. The van der Waals surface area contributed by atoms with Gasteiger partial charge in [0, 0.05) is 30.9 Å². The zero-order valence-electron chi connectivity index (χ0n) is 13.5. The van der Waals surface area contributed by atoms with Crippen LogP contribution in [0.1, 0.15) is 13.3 Å². The van der Waals surface area contributed by atoms with Gasteiger partial charge in [0.1, 0.15) is 19.1 Å². The molecule has 1 aromatic rings. The molecule has 2 amide bonds. The van der Waals surface area contributed by atoms with Gasteiger partial charge in [-0.1, -0.05) is 0 Å². The molecule has 0 spiro atoms. The smallest absolute Gasteiger partial charge is 0.239 e. The highest BCUT2D eigenvalue weighted by Crippen LogP contribution is 2.35. The van der Waals surface area contributed by atoms with Crippen molar-refractivity contribution in [2.45, 2.75) is 19.4 Å². The molecule has 0 aromatic heterocycles. The van der Waals surface area contributed by atoms with Crippen LogP contribution >= 0.6 is 12.4 Å². The summed E-state index contributed by atoms with van der Waals surface area (Å²) in [7, 11) is 0. The van der Waals surface area contributed by atoms with E-state index in [4.69, 9.17) is 15.2 Å². The maximum Gasteiger partial charge on any atom is 0.239 e. The van der Waals surface area contributed by atoms with Crippen LogP contribution in [-0.4, -0.2) is 44.2 Å². The third kappa shape index (κ3) is 3.57. The molecule has 3 N–H and O–H groups in total. The molecule has 2 heterocycles. The maximum absolute atomic E-state index is 12.5. The highest BCUT2D eigenvalue weighted by molar-refractivity contribution is 6.09. The van der Waals surface area contributed by atoms with E-state index in [1.54, 1.807) is 17.0 Å². The van der Waals surface area contributed by atoms with Crippen LogP contribution in [0.15, 0.2) is 18.2 Å². The Bertz CT molecular complexity index is 625. The van der Waals surface area contributed by atoms with Gasteiger partial charge in [0.05, 0.1) is 0 Å². The molecule has 2 aliphatic heterocycles. The SMILES string of the molecule is C[C@@H](CN)NC(=O)C1CCN(c2ccc3c(c2)OCCO3)C1=O.Cl. The van der Waals surface area contributed by atoms with Crippen molar-refractivity contribution in [3.8, 4) is 11.5 Å². The number of ether oxygens (including phenoxy) is 2. The lowest BCUT2D eigenvalue weighted by Crippen LogP contribution is -2.43. The highest BCUT2D eigenvalue weighted by atomic mass is 35.5. The van der Waals surface area contributed by atoms with Crippen LogP contribution in [0, 0.1) is 5.92 Å². The first kappa shape index (κ1) is 18.4. The van der Waals surface area contributed by atoms with Crippen molar-refractivity contribution >= 4 is 29.9 Å². The molecule has 132 valence electrons. The van der Waals surface area contributed by atoms with Gasteiger partial charge in [0.25, 0.3) is 0 Å². The first-order valence-corrected chi connectivity index (χ1v) is 7.81. The largest absolute Gasteiger partial charge is 0.486 e. The highest BCUT2D eigenvalue weighted by Gasteiger charge is 2.38. The van der Waals surface area contributed by atoms with Gasteiger partial charge in [0.15, 0.2) is 11.5 Å². The van der Waals surface area contributed by atoms with Crippen molar-refractivity contribution in [2.24, 2.45) is 11.7 Å². The van der Waals surface area contributed by atoms with Gasteiger partial charge in [-0.3, -0.25) is 9.59 Å². The van der Waals surface area contributed by atoms with Crippen LogP contribution < -0.4 is 25.4 Å². The number of nitrogens with zero attached hydrogens (tertiary/aromatic N) is 1. The standard InChI is InChI=1S/C16H21N3O4.ClH/c1-10(9-17)18-15(20)12-4-5-19(16(12)21)11-2-3-13-14(8-11)23-7-6-22-13;/h2-3,8,10,12H,4-7,9,17H2,1H3,(H,18,20);1H/t10-,12?;/m0./s1. The Labute approximate surface area is 146 Å². The molecular formula is C16H22ClN3O4. The number of nitrogens with two attached hydrogens (primary N) is 1. The average molecular weight is 356 g/mol. The number of halogens is 1. The summed E-state index contributed by atoms with van der Waals surface area (Å²) in [5, 5.41) is 2.77. The Morgan fingerprint density at radius 2 is 2.08 bits per heavy atom. The Morgan fingerprint density at radius 3 is 2.79 bits per heavy atom. The summed E-state index contributed by atoms with van der Waals surface area (Å²) < 4.78 is 11.0. The predicted molar refractivity (Wildman–Crippen MR) is 91.8 cm³/mol. The monoisotopic (exact) mass is 355 g/mol. The Kier molecular flexibility index (Phi) is 5.90. The molecule has 1 fully saturated rings. The van der Waals surface area contributed by atoms with E-state index in [1.807, 2.05) is 13.0 Å². The summed E-state index contributed by atoms with van der Waals surface area (Å²) in [5.74, 6) is 0.206. The molecule has 0 aliphatic carbocycles. The fraction of sp³-hybridized carbons (Fsp3) is 0.500. The molecule has 2 aliphatic rings. The van der Waals surface area contributed by atoms with E-state index < -0.39 is 5.92 Å². The predicted octanol–water partition coefficient (Wildman–Crippen LogP) is 0.696. The molecule has 1 saturated heterocycles. The summed E-state index contributed by atoms with van der Waals surface area (Å²) in [6.07, 6.45) is 0.496. The van der Waals surface area contributed by atoms with E-state index in [0.717, 1.165) is 5.69 Å². The molecule has 2 atom stereocenters. The second-order valence-electron chi connectivity index (χ2n) is 5.80. The zero-order valence-corrected chi connectivity index (χ0v) is 14.3. The Balaban J connectivity index is 0.00000208. The van der Waals surface area contributed by atoms with Crippen LogP contribution in [0.4, 0.5) is 5.69 Å². The summed E-state index contributed by atoms with van der Waals surface area (Å²) in [4.78, 5) is 26.3. The van der Waals surface area contributed by atoms with Crippen LogP contribution in [0.5, 0.6) is 11.5 Å². The topological polar surface area (TPSA) is 93.9 Å². The normalized spacial score (nSPS) is 20.3. The number of hydrogen-bond acceptors (Lipinski definition) is 5. The number of benzene rings is 1. The van der Waals surface area contributed by atoms with Gasteiger partial charge in [0.2, 0.25) is 11.8 Å². The average Bonchev–Trinajstić information content (AvgIpc) is 2.96. The van der Waals surface area contributed by atoms with Gasteiger partial charge in [-0.25, -0.2) is 0 Å². The van der Waals surface area contributed by atoms with E-state index in [9.17, 15) is 9.59 Å². The van der Waals surface area contributed by atoms with E-state index in [0.29, 0.717) is 44.2 Å². The molecule has 24 heavy (non-hydrogen) atoms. The van der Waals surface area contributed by atoms with Crippen molar-refractivity contribution in [2.75, 3.05) is 31.2 Å². The Hall–Kier alpha value is -1.99. The summed E-state index contributed by atoms with van der Waals surface area (Å²) in [6.45, 7) is 3.69. The molecule has 0 saturated carbocycles. The van der Waals surface area contributed by atoms with E-state index >= 15 is 0 Å². The Morgan fingerprint density at radius 1 is 1.38 bits per heavy atom. The first-order valence-electron chi connectivity index (χ1n) is 7.81. The zero-order chi connectivity index (χ0) is 16.4. The number of fused-ring (bicyclic) bond motifs is 1. The number of nitrogens with one attached hydrogen (secondary N) is 1. The first-order chi connectivity index (χ1) is 11.1. The minimum Gasteiger partial charge on any atom is -0.486 e. The molecule has 1 unspecified atom stereocenters. The number of hydrogen-bond donors (Lipinski definition) is 2. The molecular weight excluding hydrogens is 334 g/mol. The van der Waals surface area contributed by atoms with E-state index in [2.05, 4.69) is 5.32 Å². The molecule has 0 bridgehead atoms. The number of amides is 2. The van der Waals surface area contributed by atoms with Crippen molar-refractivity contribution < 1.29 is 19.1 Å². The minimum atomic E-state index is -0.655. The maximum atomic E-state index is 12.5. The van der Waals surface area contributed by atoms with Crippen LogP contribution in [-0.2, 0) is 9.59 Å². The van der Waals surface area contributed by atoms with Gasteiger partial charge < -0.3 is 25.4 Å².